The third kappa shape index (κ3) is 5.07. The lowest BCUT2D eigenvalue weighted by Gasteiger charge is -2.08. The molecule has 2 rings (SSSR count). The number of rotatable bonds is 9. The molecule has 1 aromatic carbocycles. The van der Waals surface area contributed by atoms with Crippen LogP contribution in [0.25, 0.3) is 0 Å². The Morgan fingerprint density at radius 2 is 2.05 bits per heavy atom. The van der Waals surface area contributed by atoms with Crippen LogP contribution in [0.1, 0.15) is 17.7 Å². The van der Waals surface area contributed by atoms with Crippen molar-refractivity contribution in [3.8, 4) is 5.75 Å². The van der Waals surface area contributed by atoms with Gasteiger partial charge in [0, 0.05) is 26.7 Å². The van der Waals surface area contributed by atoms with Crippen LogP contribution < -0.4 is 10.1 Å². The number of furan rings is 1. The molecule has 0 aliphatic rings. The van der Waals surface area contributed by atoms with Crippen molar-refractivity contribution in [3.05, 3.63) is 54.0 Å². The number of hydrogen-bond donors (Lipinski definition) is 1. The summed E-state index contributed by atoms with van der Waals surface area (Å²) in [6.07, 6.45) is 2.59. The van der Waals surface area contributed by atoms with Gasteiger partial charge >= 0.3 is 0 Å². The van der Waals surface area contributed by atoms with Crippen molar-refractivity contribution < 1.29 is 13.9 Å². The molecular weight excluding hydrogens is 254 g/mol. The number of methoxy groups -OCH3 is 1. The number of benzene rings is 1. The fourth-order valence-electron chi connectivity index (χ4n) is 1.88. The molecule has 0 unspecified atom stereocenters. The van der Waals surface area contributed by atoms with E-state index in [1.165, 1.54) is 5.56 Å². The molecule has 1 aromatic heterocycles. The molecule has 0 spiro atoms. The van der Waals surface area contributed by atoms with Crippen molar-refractivity contribution in [1.82, 2.24) is 5.32 Å². The highest BCUT2D eigenvalue weighted by Gasteiger charge is 1.99. The van der Waals surface area contributed by atoms with Crippen molar-refractivity contribution >= 4 is 0 Å². The lowest BCUT2D eigenvalue weighted by Crippen LogP contribution is -2.12. The van der Waals surface area contributed by atoms with E-state index >= 15 is 0 Å². The molecule has 0 bridgehead atoms. The van der Waals surface area contributed by atoms with E-state index in [2.05, 4.69) is 17.4 Å². The first kappa shape index (κ1) is 14.6. The SMILES string of the molecule is COCCCOc1cccc(CNCc2ccco2)c1. The largest absolute Gasteiger partial charge is 0.493 e. The molecule has 0 saturated heterocycles. The predicted octanol–water partition coefficient (Wildman–Crippen LogP) is 2.98. The smallest absolute Gasteiger partial charge is 0.119 e. The number of ether oxygens (including phenoxy) is 2. The monoisotopic (exact) mass is 275 g/mol. The van der Waals surface area contributed by atoms with Gasteiger partial charge in [-0.3, -0.25) is 0 Å². The van der Waals surface area contributed by atoms with Crippen LogP contribution in [-0.2, 0) is 17.8 Å². The maximum absolute atomic E-state index is 5.67. The van der Waals surface area contributed by atoms with E-state index in [1.807, 2.05) is 24.3 Å². The van der Waals surface area contributed by atoms with Crippen molar-refractivity contribution in [2.75, 3.05) is 20.3 Å². The number of hydrogen-bond acceptors (Lipinski definition) is 4. The van der Waals surface area contributed by atoms with Gasteiger partial charge in [0.25, 0.3) is 0 Å². The Bertz CT molecular complexity index is 482. The van der Waals surface area contributed by atoms with E-state index in [-0.39, 0.29) is 0 Å². The summed E-state index contributed by atoms with van der Waals surface area (Å²) in [5.41, 5.74) is 1.20. The third-order valence-electron chi connectivity index (χ3n) is 2.87. The van der Waals surface area contributed by atoms with Gasteiger partial charge in [0.1, 0.15) is 11.5 Å². The Balaban J connectivity index is 1.74. The average molecular weight is 275 g/mol. The molecule has 108 valence electrons. The molecule has 1 heterocycles. The van der Waals surface area contributed by atoms with Gasteiger partial charge in [-0.05, 0) is 29.8 Å². The van der Waals surface area contributed by atoms with Crippen LogP contribution in [0.4, 0.5) is 0 Å². The summed E-state index contributed by atoms with van der Waals surface area (Å²) in [6, 6.07) is 12.0. The first-order chi connectivity index (χ1) is 9.88. The van der Waals surface area contributed by atoms with Crippen LogP contribution in [0, 0.1) is 0 Å². The highest BCUT2D eigenvalue weighted by atomic mass is 16.5. The van der Waals surface area contributed by atoms with Crippen molar-refractivity contribution in [1.29, 1.82) is 0 Å². The second-order valence-corrected chi connectivity index (χ2v) is 4.53. The second kappa shape index (κ2) is 8.40. The molecule has 0 saturated carbocycles. The van der Waals surface area contributed by atoms with E-state index in [1.54, 1.807) is 13.4 Å². The summed E-state index contributed by atoms with van der Waals surface area (Å²) >= 11 is 0. The molecule has 0 amide bonds. The fraction of sp³-hybridized carbons (Fsp3) is 0.375. The van der Waals surface area contributed by atoms with E-state index in [0.29, 0.717) is 6.61 Å². The zero-order chi connectivity index (χ0) is 14.0. The Morgan fingerprint density at radius 1 is 1.10 bits per heavy atom. The van der Waals surface area contributed by atoms with E-state index in [9.17, 15) is 0 Å². The van der Waals surface area contributed by atoms with E-state index in [0.717, 1.165) is 37.6 Å². The van der Waals surface area contributed by atoms with Crippen molar-refractivity contribution in [2.24, 2.45) is 0 Å². The summed E-state index contributed by atoms with van der Waals surface area (Å²) in [4.78, 5) is 0. The minimum absolute atomic E-state index is 0.678. The minimum atomic E-state index is 0.678. The average Bonchev–Trinajstić information content (AvgIpc) is 2.97. The highest BCUT2D eigenvalue weighted by molar-refractivity contribution is 5.28. The molecule has 0 aliphatic carbocycles. The minimum Gasteiger partial charge on any atom is -0.493 e. The fourth-order valence-corrected chi connectivity index (χ4v) is 1.88. The normalized spacial score (nSPS) is 10.7. The maximum Gasteiger partial charge on any atom is 0.119 e. The molecule has 0 aliphatic heterocycles. The summed E-state index contributed by atoms with van der Waals surface area (Å²) < 4.78 is 15.9. The van der Waals surface area contributed by atoms with Crippen LogP contribution in [0.2, 0.25) is 0 Å². The zero-order valence-electron chi connectivity index (χ0n) is 11.8. The van der Waals surface area contributed by atoms with Crippen LogP contribution in [0.5, 0.6) is 5.75 Å². The molecule has 0 radical (unpaired) electrons. The lowest BCUT2D eigenvalue weighted by molar-refractivity contribution is 0.172. The molecule has 1 N–H and O–H groups in total. The van der Waals surface area contributed by atoms with E-state index < -0.39 is 0 Å². The van der Waals surface area contributed by atoms with Gasteiger partial charge < -0.3 is 19.2 Å². The Morgan fingerprint density at radius 3 is 2.85 bits per heavy atom. The molecule has 2 aromatic rings. The second-order valence-electron chi connectivity index (χ2n) is 4.53. The van der Waals surface area contributed by atoms with Gasteiger partial charge in [0.05, 0.1) is 19.4 Å². The predicted molar refractivity (Wildman–Crippen MR) is 77.7 cm³/mol. The number of nitrogens with one attached hydrogen (secondary N) is 1. The highest BCUT2D eigenvalue weighted by Crippen LogP contribution is 2.13. The van der Waals surface area contributed by atoms with Crippen LogP contribution in [0.15, 0.2) is 47.1 Å². The van der Waals surface area contributed by atoms with Gasteiger partial charge in [-0.15, -0.1) is 0 Å². The van der Waals surface area contributed by atoms with Gasteiger partial charge in [0.15, 0.2) is 0 Å². The Kier molecular flexibility index (Phi) is 6.14. The summed E-state index contributed by atoms with van der Waals surface area (Å²) in [5.74, 6) is 1.84. The van der Waals surface area contributed by atoms with E-state index in [4.69, 9.17) is 13.9 Å². The lowest BCUT2D eigenvalue weighted by atomic mass is 10.2. The molecule has 4 nitrogen and oxygen atoms in total. The third-order valence-corrected chi connectivity index (χ3v) is 2.87. The Hall–Kier alpha value is -1.78. The molecule has 4 heteroatoms. The van der Waals surface area contributed by atoms with Crippen LogP contribution in [0.3, 0.4) is 0 Å². The summed E-state index contributed by atoms with van der Waals surface area (Å²) in [7, 11) is 1.70. The summed E-state index contributed by atoms with van der Waals surface area (Å²) in [5, 5.41) is 3.34. The Labute approximate surface area is 119 Å². The van der Waals surface area contributed by atoms with Crippen LogP contribution >= 0.6 is 0 Å². The molecule has 0 fully saturated rings. The standard InChI is InChI=1S/C16H21NO3/c1-18-8-4-10-19-15-6-2-5-14(11-15)12-17-13-16-7-3-9-20-16/h2-3,5-7,9,11,17H,4,8,10,12-13H2,1H3. The first-order valence-electron chi connectivity index (χ1n) is 6.82. The topological polar surface area (TPSA) is 43.6 Å². The quantitative estimate of drug-likeness (QED) is 0.714. The van der Waals surface area contributed by atoms with Crippen molar-refractivity contribution in [3.63, 3.8) is 0 Å². The van der Waals surface area contributed by atoms with Crippen LogP contribution in [-0.4, -0.2) is 20.3 Å². The van der Waals surface area contributed by atoms with Gasteiger partial charge in [-0.2, -0.15) is 0 Å². The molecular formula is C16H21NO3. The zero-order valence-corrected chi connectivity index (χ0v) is 11.8. The van der Waals surface area contributed by atoms with Gasteiger partial charge in [0.2, 0.25) is 0 Å². The molecule has 20 heavy (non-hydrogen) atoms. The first-order valence-corrected chi connectivity index (χ1v) is 6.82. The molecule has 0 atom stereocenters. The van der Waals surface area contributed by atoms with Gasteiger partial charge in [-0.25, -0.2) is 0 Å². The summed E-state index contributed by atoms with van der Waals surface area (Å²) in [6.45, 7) is 2.92. The maximum atomic E-state index is 5.67. The van der Waals surface area contributed by atoms with Crippen molar-refractivity contribution in [2.45, 2.75) is 19.5 Å². The van der Waals surface area contributed by atoms with Gasteiger partial charge in [-0.1, -0.05) is 12.1 Å².